The van der Waals surface area contributed by atoms with E-state index in [0.717, 1.165) is 0 Å². The molecule has 0 atom stereocenters. The molecule has 0 radical (unpaired) electrons. The lowest BCUT2D eigenvalue weighted by atomic mass is 10.3. The monoisotopic (exact) mass is 326 g/mol. The summed E-state index contributed by atoms with van der Waals surface area (Å²) in [5.74, 6) is -0.576. The Bertz CT molecular complexity index is 486. The van der Waals surface area contributed by atoms with Gasteiger partial charge in [-0.25, -0.2) is 0 Å². The van der Waals surface area contributed by atoms with Crippen LogP contribution in [0, 0.1) is 0 Å². The van der Waals surface area contributed by atoms with Gasteiger partial charge in [-0.2, -0.15) is 0 Å². The van der Waals surface area contributed by atoms with Crippen LogP contribution in [0.3, 0.4) is 0 Å². The SMILES string of the molecule is CC(C)OC(=O)CCNC(=O)CCCNC(=O)c1cccs1. The number of carbonyl (C=O) groups is 3. The smallest absolute Gasteiger partial charge is 0.307 e. The highest BCUT2D eigenvalue weighted by atomic mass is 32.1. The number of hydrogen-bond acceptors (Lipinski definition) is 5. The van der Waals surface area contributed by atoms with Crippen molar-refractivity contribution >= 4 is 29.1 Å². The lowest BCUT2D eigenvalue weighted by Crippen LogP contribution is -2.29. The highest BCUT2D eigenvalue weighted by Gasteiger charge is 2.08. The first kappa shape index (κ1) is 18.2. The van der Waals surface area contributed by atoms with Crippen molar-refractivity contribution in [3.05, 3.63) is 22.4 Å². The summed E-state index contributed by atoms with van der Waals surface area (Å²) in [6, 6.07) is 3.57. The van der Waals surface area contributed by atoms with Crippen molar-refractivity contribution in [2.24, 2.45) is 0 Å². The summed E-state index contributed by atoms with van der Waals surface area (Å²) in [7, 11) is 0. The molecule has 0 bridgehead atoms. The fourth-order valence-electron chi connectivity index (χ4n) is 1.66. The molecule has 122 valence electrons. The summed E-state index contributed by atoms with van der Waals surface area (Å²) in [6.07, 6.45) is 0.887. The third-order valence-corrected chi connectivity index (χ3v) is 3.50. The van der Waals surface area contributed by atoms with E-state index in [4.69, 9.17) is 4.74 Å². The predicted octanol–water partition coefficient (Wildman–Crippen LogP) is 1.72. The molecule has 1 heterocycles. The Morgan fingerprint density at radius 1 is 1.18 bits per heavy atom. The van der Waals surface area contributed by atoms with Crippen molar-refractivity contribution in [3.63, 3.8) is 0 Å². The minimum atomic E-state index is -0.321. The van der Waals surface area contributed by atoms with Gasteiger partial charge in [0.1, 0.15) is 0 Å². The minimum Gasteiger partial charge on any atom is -0.463 e. The van der Waals surface area contributed by atoms with Crippen LogP contribution in [0.25, 0.3) is 0 Å². The number of ether oxygens (including phenoxy) is 1. The molecule has 0 aliphatic heterocycles. The molecule has 7 heteroatoms. The van der Waals surface area contributed by atoms with Crippen molar-refractivity contribution < 1.29 is 19.1 Å². The second-order valence-corrected chi connectivity index (χ2v) is 5.92. The van der Waals surface area contributed by atoms with Gasteiger partial charge in [-0.1, -0.05) is 6.07 Å². The van der Waals surface area contributed by atoms with Crippen LogP contribution in [0.5, 0.6) is 0 Å². The Hall–Kier alpha value is -1.89. The van der Waals surface area contributed by atoms with Crippen LogP contribution in [0.15, 0.2) is 17.5 Å². The lowest BCUT2D eigenvalue weighted by molar-refractivity contribution is -0.147. The first-order valence-electron chi connectivity index (χ1n) is 7.27. The third kappa shape index (κ3) is 7.78. The van der Waals surface area contributed by atoms with Gasteiger partial charge < -0.3 is 15.4 Å². The number of carbonyl (C=O) groups excluding carboxylic acids is 3. The number of esters is 1. The van der Waals surface area contributed by atoms with E-state index in [9.17, 15) is 14.4 Å². The largest absolute Gasteiger partial charge is 0.463 e. The Morgan fingerprint density at radius 3 is 2.59 bits per heavy atom. The van der Waals surface area contributed by atoms with Crippen LogP contribution in [-0.2, 0) is 14.3 Å². The van der Waals surface area contributed by atoms with Crippen molar-refractivity contribution in [1.82, 2.24) is 10.6 Å². The van der Waals surface area contributed by atoms with E-state index < -0.39 is 0 Å². The first-order chi connectivity index (χ1) is 10.5. The van der Waals surface area contributed by atoms with E-state index in [1.54, 1.807) is 19.9 Å². The standard InChI is InChI=1S/C15H22N2O4S/c1-11(2)21-14(19)7-9-16-13(18)6-3-8-17-15(20)12-5-4-10-22-12/h4-5,10-11H,3,6-9H2,1-2H3,(H,16,18)(H,17,20). The van der Waals surface area contributed by atoms with E-state index >= 15 is 0 Å². The molecule has 0 aliphatic rings. The van der Waals surface area contributed by atoms with Crippen LogP contribution in [0.4, 0.5) is 0 Å². The second kappa shape index (κ2) is 9.94. The minimum absolute atomic E-state index is 0.119. The number of rotatable bonds is 9. The maximum atomic E-state index is 11.6. The lowest BCUT2D eigenvalue weighted by Gasteiger charge is -2.08. The summed E-state index contributed by atoms with van der Waals surface area (Å²) >= 11 is 1.38. The Kier molecular flexibility index (Phi) is 8.21. The van der Waals surface area contributed by atoms with Crippen LogP contribution < -0.4 is 10.6 Å². The molecule has 0 aliphatic carbocycles. The Labute approximate surface area is 134 Å². The van der Waals surface area contributed by atoms with Crippen LogP contribution >= 0.6 is 11.3 Å². The molecule has 0 saturated heterocycles. The topological polar surface area (TPSA) is 84.5 Å². The van der Waals surface area contributed by atoms with E-state index in [0.29, 0.717) is 24.3 Å². The third-order valence-electron chi connectivity index (χ3n) is 2.63. The molecule has 22 heavy (non-hydrogen) atoms. The van der Waals surface area contributed by atoms with Crippen molar-refractivity contribution in [2.45, 2.75) is 39.2 Å². The van der Waals surface area contributed by atoms with Gasteiger partial charge in [-0.05, 0) is 31.7 Å². The quantitative estimate of drug-likeness (QED) is 0.534. The summed E-state index contributed by atoms with van der Waals surface area (Å²) in [5, 5.41) is 7.25. The van der Waals surface area contributed by atoms with Crippen LogP contribution in [0.2, 0.25) is 0 Å². The van der Waals surface area contributed by atoms with Crippen LogP contribution in [0.1, 0.15) is 42.8 Å². The molecule has 2 N–H and O–H groups in total. The molecule has 0 spiro atoms. The normalized spacial score (nSPS) is 10.3. The average molecular weight is 326 g/mol. The molecule has 6 nitrogen and oxygen atoms in total. The van der Waals surface area contributed by atoms with Gasteiger partial charge in [-0.3, -0.25) is 14.4 Å². The zero-order chi connectivity index (χ0) is 16.4. The summed E-state index contributed by atoms with van der Waals surface area (Å²) in [5.41, 5.74) is 0. The fourth-order valence-corrected chi connectivity index (χ4v) is 2.30. The van der Waals surface area contributed by atoms with E-state index in [2.05, 4.69) is 10.6 Å². The van der Waals surface area contributed by atoms with E-state index in [-0.39, 0.29) is 36.9 Å². The summed E-state index contributed by atoms with van der Waals surface area (Å²) < 4.78 is 4.96. The molecule has 0 unspecified atom stereocenters. The van der Waals surface area contributed by atoms with Crippen LogP contribution in [-0.4, -0.2) is 37.0 Å². The molecular weight excluding hydrogens is 304 g/mol. The zero-order valence-corrected chi connectivity index (χ0v) is 13.7. The predicted molar refractivity (Wildman–Crippen MR) is 84.7 cm³/mol. The molecule has 1 aromatic rings. The van der Waals surface area contributed by atoms with E-state index in [1.807, 2.05) is 11.4 Å². The Balaban J connectivity index is 2.04. The van der Waals surface area contributed by atoms with Gasteiger partial charge in [0.2, 0.25) is 5.91 Å². The molecule has 2 amide bonds. The average Bonchev–Trinajstić information content (AvgIpc) is 2.96. The number of hydrogen-bond donors (Lipinski definition) is 2. The number of amides is 2. The molecule has 0 saturated carbocycles. The molecule has 1 rings (SSSR count). The maximum absolute atomic E-state index is 11.6. The van der Waals surface area contributed by atoms with Crippen molar-refractivity contribution in [2.75, 3.05) is 13.1 Å². The van der Waals surface area contributed by atoms with E-state index in [1.165, 1.54) is 11.3 Å². The van der Waals surface area contributed by atoms with Gasteiger partial charge >= 0.3 is 5.97 Å². The first-order valence-corrected chi connectivity index (χ1v) is 8.15. The summed E-state index contributed by atoms with van der Waals surface area (Å²) in [4.78, 5) is 35.1. The molecule has 0 aromatic carbocycles. The molecule has 0 fully saturated rings. The van der Waals surface area contributed by atoms with Gasteiger partial charge in [-0.15, -0.1) is 11.3 Å². The molecular formula is C15H22N2O4S. The second-order valence-electron chi connectivity index (χ2n) is 4.98. The van der Waals surface area contributed by atoms with Gasteiger partial charge in [0.25, 0.3) is 5.91 Å². The molecule has 1 aromatic heterocycles. The van der Waals surface area contributed by atoms with Gasteiger partial charge in [0.05, 0.1) is 17.4 Å². The fraction of sp³-hybridized carbons (Fsp3) is 0.533. The van der Waals surface area contributed by atoms with Gasteiger partial charge in [0, 0.05) is 19.5 Å². The number of thiophene rings is 1. The summed E-state index contributed by atoms with van der Waals surface area (Å²) in [6.45, 7) is 4.27. The Morgan fingerprint density at radius 2 is 1.95 bits per heavy atom. The van der Waals surface area contributed by atoms with Gasteiger partial charge in [0.15, 0.2) is 0 Å². The maximum Gasteiger partial charge on any atom is 0.307 e. The highest BCUT2D eigenvalue weighted by molar-refractivity contribution is 7.12. The zero-order valence-electron chi connectivity index (χ0n) is 12.9. The highest BCUT2D eigenvalue weighted by Crippen LogP contribution is 2.07. The van der Waals surface area contributed by atoms with Crippen molar-refractivity contribution in [1.29, 1.82) is 0 Å². The number of nitrogens with one attached hydrogen (secondary N) is 2. The van der Waals surface area contributed by atoms with Crippen molar-refractivity contribution in [3.8, 4) is 0 Å².